The van der Waals surface area contributed by atoms with E-state index in [0.717, 1.165) is 6.42 Å². The summed E-state index contributed by atoms with van der Waals surface area (Å²) < 4.78 is 5.15. The molecule has 1 aromatic carbocycles. The van der Waals surface area contributed by atoms with Crippen molar-refractivity contribution >= 4 is 35.4 Å². The summed E-state index contributed by atoms with van der Waals surface area (Å²) in [7, 11) is 1.56. The highest BCUT2D eigenvalue weighted by Crippen LogP contribution is 2.20. The third-order valence-corrected chi connectivity index (χ3v) is 7.15. The van der Waals surface area contributed by atoms with Gasteiger partial charge in [-0.1, -0.05) is 0 Å². The van der Waals surface area contributed by atoms with Crippen LogP contribution in [0.2, 0.25) is 0 Å². The topological polar surface area (TPSA) is 120 Å². The number of benzene rings is 1. The molecule has 178 valence electrons. The lowest BCUT2D eigenvalue weighted by Crippen LogP contribution is -2.65. The average Bonchev–Trinajstić information content (AvgIpc) is 3.39. The summed E-state index contributed by atoms with van der Waals surface area (Å²) in [6, 6.07) is 4.93. The maximum atomic E-state index is 13.3. The molecule has 0 spiro atoms. The molecule has 11 heteroatoms. The minimum atomic E-state index is -0.865. The number of carbonyl (C=O) groups excluding carboxylic acids is 4. The largest absolute Gasteiger partial charge is 0.497 e. The van der Waals surface area contributed by atoms with Crippen molar-refractivity contribution in [1.29, 1.82) is 0 Å². The van der Waals surface area contributed by atoms with Crippen LogP contribution in [0.25, 0.3) is 0 Å². The van der Waals surface area contributed by atoms with Crippen molar-refractivity contribution in [3.63, 3.8) is 0 Å². The van der Waals surface area contributed by atoms with Gasteiger partial charge in [0, 0.05) is 36.8 Å². The summed E-state index contributed by atoms with van der Waals surface area (Å²) in [5.41, 5.74) is 0.482. The maximum Gasteiger partial charge on any atom is 0.254 e. The summed E-state index contributed by atoms with van der Waals surface area (Å²) in [6.45, 7) is 1.23. The molecule has 0 aromatic heterocycles. The van der Waals surface area contributed by atoms with Gasteiger partial charge in [-0.3, -0.25) is 24.5 Å². The second-order valence-electron chi connectivity index (χ2n) is 8.29. The van der Waals surface area contributed by atoms with Gasteiger partial charge >= 0.3 is 0 Å². The van der Waals surface area contributed by atoms with Gasteiger partial charge in [0.2, 0.25) is 17.7 Å². The van der Waals surface area contributed by atoms with E-state index in [1.165, 1.54) is 0 Å². The highest BCUT2D eigenvalue weighted by molar-refractivity contribution is 7.99. The second kappa shape index (κ2) is 10.4. The molecule has 0 aliphatic carbocycles. The summed E-state index contributed by atoms with van der Waals surface area (Å²) in [4.78, 5) is 54.8. The van der Waals surface area contributed by atoms with Crippen LogP contribution in [-0.2, 0) is 14.4 Å². The number of rotatable bonds is 5. The number of piperazine rings is 1. The zero-order valence-electron chi connectivity index (χ0n) is 18.5. The van der Waals surface area contributed by atoms with Crippen LogP contribution in [-0.4, -0.2) is 96.5 Å². The predicted molar refractivity (Wildman–Crippen MR) is 123 cm³/mol. The van der Waals surface area contributed by atoms with Crippen molar-refractivity contribution in [2.24, 2.45) is 0 Å². The normalized spacial score (nSPS) is 25.4. The van der Waals surface area contributed by atoms with Gasteiger partial charge in [-0.15, -0.1) is 11.8 Å². The lowest BCUT2D eigenvalue weighted by Gasteiger charge is -2.42. The zero-order chi connectivity index (χ0) is 23.4. The Hall–Kier alpha value is -2.79. The van der Waals surface area contributed by atoms with E-state index in [4.69, 9.17) is 4.74 Å². The molecule has 3 N–H and O–H groups in total. The molecular weight excluding hydrogens is 446 g/mol. The monoisotopic (exact) mass is 475 g/mol. The number of nitrogens with one attached hydrogen (secondary N) is 3. The first-order chi connectivity index (χ1) is 16.0. The number of hydrogen-bond donors (Lipinski definition) is 3. The molecule has 1 aromatic rings. The predicted octanol–water partition coefficient (Wildman–Crippen LogP) is -0.594. The molecule has 10 nitrogen and oxygen atoms in total. The Labute approximate surface area is 196 Å². The first-order valence-electron chi connectivity index (χ1n) is 11.1. The summed E-state index contributed by atoms with van der Waals surface area (Å²) in [6.07, 6.45) is 1.32. The molecule has 4 rings (SSSR count). The zero-order valence-corrected chi connectivity index (χ0v) is 19.4. The standard InChI is InChI=1S/C22H29N5O5S/c1-32-15-6-4-14(5-7-15)21(30)26-9-10-27(22(31)17-12-33-13-24-17)18(11-26)20(29)25-16-3-2-8-23-19(16)28/h4-7,16-18,24H,2-3,8-13H2,1H3,(H,23,28)(H,25,29). The van der Waals surface area contributed by atoms with E-state index in [0.29, 0.717) is 42.5 Å². The minimum Gasteiger partial charge on any atom is -0.497 e. The van der Waals surface area contributed by atoms with Gasteiger partial charge < -0.3 is 25.2 Å². The minimum absolute atomic E-state index is 0.0661. The van der Waals surface area contributed by atoms with E-state index in [9.17, 15) is 19.2 Å². The highest BCUT2D eigenvalue weighted by atomic mass is 32.2. The lowest BCUT2D eigenvalue weighted by molar-refractivity contribution is -0.145. The number of thioether (sulfide) groups is 1. The van der Waals surface area contributed by atoms with E-state index >= 15 is 0 Å². The number of nitrogens with zero attached hydrogens (tertiary/aromatic N) is 2. The van der Waals surface area contributed by atoms with Crippen LogP contribution in [0.4, 0.5) is 0 Å². The van der Waals surface area contributed by atoms with Crippen LogP contribution >= 0.6 is 11.8 Å². The van der Waals surface area contributed by atoms with Crippen molar-refractivity contribution in [2.75, 3.05) is 44.9 Å². The van der Waals surface area contributed by atoms with Gasteiger partial charge in [0.25, 0.3) is 5.91 Å². The molecule has 4 amide bonds. The molecule has 0 saturated carbocycles. The van der Waals surface area contributed by atoms with E-state index in [1.807, 2.05) is 0 Å². The highest BCUT2D eigenvalue weighted by Gasteiger charge is 2.41. The van der Waals surface area contributed by atoms with E-state index in [-0.39, 0.29) is 36.9 Å². The van der Waals surface area contributed by atoms with Gasteiger partial charge in [-0.2, -0.15) is 0 Å². The SMILES string of the molecule is COc1ccc(C(=O)N2CCN(C(=O)C3CSCN3)C(C(=O)NC3CCCNC3=O)C2)cc1. The molecule has 3 aliphatic rings. The van der Waals surface area contributed by atoms with Crippen molar-refractivity contribution in [1.82, 2.24) is 25.8 Å². The van der Waals surface area contributed by atoms with Crippen LogP contribution in [0.1, 0.15) is 23.2 Å². The molecule has 0 radical (unpaired) electrons. The van der Waals surface area contributed by atoms with Gasteiger partial charge in [-0.25, -0.2) is 0 Å². The van der Waals surface area contributed by atoms with Gasteiger partial charge in [0.1, 0.15) is 17.8 Å². The molecule has 3 saturated heterocycles. The van der Waals surface area contributed by atoms with Gasteiger partial charge in [0.15, 0.2) is 0 Å². The fourth-order valence-corrected chi connectivity index (χ4v) is 5.24. The number of hydrogen-bond acceptors (Lipinski definition) is 7. The van der Waals surface area contributed by atoms with Crippen molar-refractivity contribution < 1.29 is 23.9 Å². The maximum absolute atomic E-state index is 13.3. The first kappa shape index (κ1) is 23.4. The fourth-order valence-electron chi connectivity index (χ4n) is 4.30. The summed E-state index contributed by atoms with van der Waals surface area (Å²) >= 11 is 1.63. The summed E-state index contributed by atoms with van der Waals surface area (Å²) in [5, 5.41) is 8.71. The van der Waals surface area contributed by atoms with Gasteiger partial charge in [-0.05, 0) is 37.1 Å². The van der Waals surface area contributed by atoms with Crippen LogP contribution in [0.15, 0.2) is 24.3 Å². The molecular formula is C22H29N5O5S. The Morgan fingerprint density at radius 3 is 2.64 bits per heavy atom. The van der Waals surface area contributed by atoms with Crippen molar-refractivity contribution in [3.05, 3.63) is 29.8 Å². The average molecular weight is 476 g/mol. The molecule has 3 fully saturated rings. The smallest absolute Gasteiger partial charge is 0.254 e. The van der Waals surface area contributed by atoms with Crippen LogP contribution in [0, 0.1) is 0 Å². The number of amides is 4. The Balaban J connectivity index is 1.51. The first-order valence-corrected chi connectivity index (χ1v) is 12.3. The van der Waals surface area contributed by atoms with Crippen LogP contribution < -0.4 is 20.7 Å². The Kier molecular flexibility index (Phi) is 7.39. The Morgan fingerprint density at radius 2 is 1.97 bits per heavy atom. The molecule has 3 atom stereocenters. The number of ether oxygens (including phenoxy) is 1. The molecule has 3 heterocycles. The Bertz CT molecular complexity index is 905. The van der Waals surface area contributed by atoms with Crippen molar-refractivity contribution in [2.45, 2.75) is 31.0 Å². The quantitative estimate of drug-likeness (QED) is 0.521. The van der Waals surface area contributed by atoms with Crippen LogP contribution in [0.3, 0.4) is 0 Å². The third kappa shape index (κ3) is 5.25. The van der Waals surface area contributed by atoms with Crippen LogP contribution in [0.5, 0.6) is 5.75 Å². The number of piperidine rings is 1. The fraction of sp³-hybridized carbons (Fsp3) is 0.545. The Morgan fingerprint density at radius 1 is 1.18 bits per heavy atom. The molecule has 0 bridgehead atoms. The van der Waals surface area contributed by atoms with E-state index in [2.05, 4.69) is 16.0 Å². The lowest BCUT2D eigenvalue weighted by atomic mass is 10.0. The number of carbonyl (C=O) groups is 4. The molecule has 3 aliphatic heterocycles. The van der Waals surface area contributed by atoms with Crippen molar-refractivity contribution in [3.8, 4) is 5.75 Å². The van der Waals surface area contributed by atoms with Gasteiger partial charge in [0.05, 0.1) is 19.7 Å². The third-order valence-electron chi connectivity index (χ3n) is 6.21. The van der Waals surface area contributed by atoms with E-state index < -0.39 is 18.0 Å². The second-order valence-corrected chi connectivity index (χ2v) is 9.32. The van der Waals surface area contributed by atoms with E-state index in [1.54, 1.807) is 52.9 Å². The summed E-state index contributed by atoms with van der Waals surface area (Å²) in [5.74, 6) is 0.977. The molecule has 33 heavy (non-hydrogen) atoms. The number of methoxy groups -OCH3 is 1. The molecule has 3 unspecified atom stereocenters.